The highest BCUT2D eigenvalue weighted by molar-refractivity contribution is 5.79. The predicted octanol–water partition coefficient (Wildman–Crippen LogP) is 1.09. The van der Waals surface area contributed by atoms with Crippen molar-refractivity contribution in [1.29, 1.82) is 0 Å². The standard InChI is InChI=1S/C21H24N3O2/c1-12-7-5-6-8-16(12)14(3)23-19(25)11-17-13(2)20-15(4)22-10-9-18(20)24-21(17)26/h5-10,14,22H,11H2,1-4H3,(H,23,25)(H,24,26)/t14-/m0/s1. The van der Waals surface area contributed by atoms with E-state index in [1.54, 1.807) is 6.54 Å². The van der Waals surface area contributed by atoms with Crippen molar-refractivity contribution in [2.45, 2.75) is 40.2 Å². The maximum atomic E-state index is 12.6. The number of rotatable bonds is 4. The summed E-state index contributed by atoms with van der Waals surface area (Å²) >= 11 is 0. The normalized spacial score (nSPS) is 14.1. The highest BCUT2D eigenvalue weighted by Crippen LogP contribution is 2.16. The van der Waals surface area contributed by atoms with Gasteiger partial charge < -0.3 is 15.6 Å². The molecule has 1 amide bonds. The highest BCUT2D eigenvalue weighted by atomic mass is 16.2. The smallest absolute Gasteiger partial charge is 0.252 e. The van der Waals surface area contributed by atoms with Crippen molar-refractivity contribution in [2.75, 3.05) is 0 Å². The first kappa shape index (κ1) is 18.0. The molecular weight excluding hydrogens is 326 g/mol. The van der Waals surface area contributed by atoms with Gasteiger partial charge in [0.15, 0.2) is 0 Å². The van der Waals surface area contributed by atoms with Gasteiger partial charge in [-0.25, -0.2) is 0 Å². The average Bonchev–Trinajstić information content (AvgIpc) is 2.58. The Kier molecular flexibility index (Phi) is 4.98. The summed E-state index contributed by atoms with van der Waals surface area (Å²) in [5.41, 5.74) is 4.32. The van der Waals surface area contributed by atoms with E-state index in [0.717, 1.165) is 33.0 Å². The second-order valence-electron chi connectivity index (χ2n) is 6.77. The van der Waals surface area contributed by atoms with E-state index in [-0.39, 0.29) is 23.9 Å². The number of carbonyl (C=O) groups is 1. The van der Waals surface area contributed by atoms with Crippen LogP contribution in [0.1, 0.15) is 42.1 Å². The number of H-pyrrole nitrogens is 1. The van der Waals surface area contributed by atoms with Gasteiger partial charge >= 0.3 is 0 Å². The zero-order valence-electron chi connectivity index (χ0n) is 15.6. The maximum absolute atomic E-state index is 12.6. The van der Waals surface area contributed by atoms with Crippen LogP contribution < -0.4 is 26.8 Å². The summed E-state index contributed by atoms with van der Waals surface area (Å²) in [6, 6.07) is 7.86. The first-order valence-electron chi connectivity index (χ1n) is 8.76. The van der Waals surface area contributed by atoms with Crippen molar-refractivity contribution in [3.8, 4) is 0 Å². The summed E-state index contributed by atoms with van der Waals surface area (Å²) < 4.78 is 0. The van der Waals surface area contributed by atoms with Crippen LogP contribution in [-0.4, -0.2) is 10.9 Å². The Morgan fingerprint density at radius 3 is 2.65 bits per heavy atom. The Morgan fingerprint density at radius 2 is 1.92 bits per heavy atom. The number of nitrogens with one attached hydrogen (secondary N) is 3. The number of hydrogen-bond donors (Lipinski definition) is 3. The molecule has 1 aromatic heterocycles. The van der Waals surface area contributed by atoms with Crippen LogP contribution in [0.3, 0.4) is 0 Å². The number of amides is 1. The summed E-state index contributed by atoms with van der Waals surface area (Å²) in [5.74, 6) is -0.161. The lowest BCUT2D eigenvalue weighted by Gasteiger charge is -2.17. The molecule has 1 radical (unpaired) electrons. The lowest BCUT2D eigenvalue weighted by atomic mass is 10.0. The van der Waals surface area contributed by atoms with Crippen LogP contribution in [0.5, 0.6) is 0 Å². The molecule has 0 bridgehead atoms. The molecule has 0 saturated carbocycles. The van der Waals surface area contributed by atoms with Crippen LogP contribution in [-0.2, 0) is 11.2 Å². The van der Waals surface area contributed by atoms with E-state index in [1.165, 1.54) is 0 Å². The zero-order chi connectivity index (χ0) is 18.8. The van der Waals surface area contributed by atoms with Gasteiger partial charge in [0.25, 0.3) is 5.56 Å². The number of aromatic nitrogens is 1. The Balaban J connectivity index is 1.87. The van der Waals surface area contributed by atoms with E-state index in [1.807, 2.05) is 58.0 Å². The van der Waals surface area contributed by atoms with Crippen molar-refractivity contribution >= 4 is 17.7 Å². The summed E-state index contributed by atoms with van der Waals surface area (Å²) in [6.07, 6.45) is 1.89. The van der Waals surface area contributed by atoms with E-state index >= 15 is 0 Å². The Labute approximate surface area is 152 Å². The van der Waals surface area contributed by atoms with Gasteiger partial charge in [0.2, 0.25) is 5.91 Å². The fraction of sp³-hybridized carbons (Fsp3) is 0.286. The molecule has 2 heterocycles. The summed E-state index contributed by atoms with van der Waals surface area (Å²) in [5, 5.41) is 7.89. The number of carbonyl (C=O) groups excluding carboxylic acids is 1. The molecule has 1 aliphatic heterocycles. The molecule has 26 heavy (non-hydrogen) atoms. The van der Waals surface area contributed by atoms with Crippen molar-refractivity contribution in [2.24, 2.45) is 0 Å². The Bertz CT molecular complexity index is 1030. The molecular formula is C21H24N3O2. The van der Waals surface area contributed by atoms with Crippen molar-refractivity contribution < 1.29 is 4.79 Å². The monoisotopic (exact) mass is 350 g/mol. The van der Waals surface area contributed by atoms with Crippen molar-refractivity contribution in [3.05, 3.63) is 74.0 Å². The number of fused-ring (bicyclic) bond motifs is 1. The number of aromatic amines is 1. The van der Waals surface area contributed by atoms with E-state index < -0.39 is 0 Å². The van der Waals surface area contributed by atoms with Gasteiger partial charge in [-0.3, -0.25) is 9.59 Å². The van der Waals surface area contributed by atoms with Gasteiger partial charge in [0, 0.05) is 21.8 Å². The second kappa shape index (κ2) is 7.20. The molecule has 5 nitrogen and oxygen atoms in total. The topological polar surface area (TPSA) is 74.0 Å². The molecule has 5 heteroatoms. The minimum absolute atomic E-state index is 0.0572. The minimum atomic E-state index is -0.209. The third kappa shape index (κ3) is 3.43. The number of hydrogen-bond acceptors (Lipinski definition) is 3. The quantitative estimate of drug-likeness (QED) is 0.773. The van der Waals surface area contributed by atoms with Gasteiger partial charge in [-0.15, -0.1) is 0 Å². The van der Waals surface area contributed by atoms with Crippen molar-refractivity contribution in [3.63, 3.8) is 0 Å². The molecule has 0 fully saturated rings. The summed E-state index contributed by atoms with van der Waals surface area (Å²) in [7, 11) is 0. The van der Waals surface area contributed by atoms with Crippen LogP contribution in [0.4, 0.5) is 0 Å². The average molecular weight is 350 g/mol. The summed E-state index contributed by atoms with van der Waals surface area (Å²) in [4.78, 5) is 27.9. The molecule has 135 valence electrons. The Morgan fingerprint density at radius 1 is 1.19 bits per heavy atom. The molecule has 0 saturated heterocycles. The molecule has 0 unspecified atom stereocenters. The first-order valence-corrected chi connectivity index (χ1v) is 8.76. The number of aryl methyl sites for hydroxylation is 1. The lowest BCUT2D eigenvalue weighted by Crippen LogP contribution is -2.45. The van der Waals surface area contributed by atoms with Gasteiger partial charge in [0.05, 0.1) is 19.0 Å². The van der Waals surface area contributed by atoms with Crippen LogP contribution >= 0.6 is 0 Å². The molecule has 1 aliphatic rings. The molecule has 3 N–H and O–H groups in total. The van der Waals surface area contributed by atoms with Crippen LogP contribution in [0.25, 0.3) is 11.8 Å². The van der Waals surface area contributed by atoms with E-state index in [4.69, 9.17) is 0 Å². The number of pyridine rings is 1. The second-order valence-corrected chi connectivity index (χ2v) is 6.77. The summed E-state index contributed by atoms with van der Waals surface area (Å²) in [6.45, 7) is 9.62. The number of benzene rings is 1. The van der Waals surface area contributed by atoms with E-state index in [2.05, 4.69) is 15.6 Å². The van der Waals surface area contributed by atoms with Crippen LogP contribution in [0.2, 0.25) is 0 Å². The highest BCUT2D eigenvalue weighted by Gasteiger charge is 2.16. The van der Waals surface area contributed by atoms with Gasteiger partial charge in [-0.05, 0) is 50.5 Å². The van der Waals surface area contributed by atoms with E-state index in [0.29, 0.717) is 5.56 Å². The molecule has 0 spiro atoms. The predicted molar refractivity (Wildman–Crippen MR) is 103 cm³/mol. The zero-order valence-corrected chi connectivity index (χ0v) is 15.6. The minimum Gasteiger partial charge on any atom is -0.379 e. The largest absolute Gasteiger partial charge is 0.379 e. The molecule has 2 aromatic rings. The van der Waals surface area contributed by atoms with Gasteiger partial charge in [0.1, 0.15) is 0 Å². The lowest BCUT2D eigenvalue weighted by molar-refractivity contribution is -0.121. The molecule has 1 aromatic carbocycles. The third-order valence-corrected chi connectivity index (χ3v) is 4.91. The van der Waals surface area contributed by atoms with Gasteiger partial charge in [-0.2, -0.15) is 0 Å². The molecule has 0 aliphatic carbocycles. The fourth-order valence-corrected chi connectivity index (χ4v) is 3.53. The van der Waals surface area contributed by atoms with Crippen molar-refractivity contribution in [1.82, 2.24) is 15.6 Å². The Hall–Kier alpha value is -2.82. The van der Waals surface area contributed by atoms with Crippen LogP contribution in [0, 0.1) is 20.4 Å². The first-order chi connectivity index (χ1) is 12.4. The fourth-order valence-electron chi connectivity index (χ4n) is 3.53. The van der Waals surface area contributed by atoms with E-state index in [9.17, 15) is 9.59 Å². The van der Waals surface area contributed by atoms with Gasteiger partial charge in [-0.1, -0.05) is 24.3 Å². The third-order valence-electron chi connectivity index (χ3n) is 4.91. The molecule has 1 atom stereocenters. The molecule has 3 rings (SSSR count). The maximum Gasteiger partial charge on any atom is 0.252 e. The van der Waals surface area contributed by atoms with Crippen LogP contribution in [0.15, 0.2) is 29.1 Å². The SMILES string of the molecule is CC1=c2c(C)c(CC(=O)N[C@@H](C)c3ccccc3C)c(=O)[nH]c2=C[CH]N1.